The highest BCUT2D eigenvalue weighted by molar-refractivity contribution is 9.10. The molecule has 3 rings (SSSR count). The van der Waals surface area contributed by atoms with Crippen LogP contribution in [-0.2, 0) is 0 Å². The highest BCUT2D eigenvalue weighted by Crippen LogP contribution is 2.26. The largest absolute Gasteiger partial charge is 0.344 e. The van der Waals surface area contributed by atoms with Gasteiger partial charge in [-0.2, -0.15) is 5.10 Å². The van der Waals surface area contributed by atoms with Crippen molar-refractivity contribution in [2.24, 2.45) is 0 Å². The summed E-state index contributed by atoms with van der Waals surface area (Å²) < 4.78 is 16.5. The number of aryl methyl sites for hydroxylation is 1. The lowest BCUT2D eigenvalue weighted by Gasteiger charge is -2.06. The zero-order valence-electron chi connectivity index (χ0n) is 12.4. The molecule has 0 unspecified atom stereocenters. The normalized spacial score (nSPS) is 11.4. The van der Waals surface area contributed by atoms with Crippen LogP contribution in [-0.4, -0.2) is 24.7 Å². The molecule has 2 heterocycles. The molecular weight excluding hydrogens is 349 g/mol. The van der Waals surface area contributed by atoms with Crippen molar-refractivity contribution in [3.8, 4) is 22.9 Å². The summed E-state index contributed by atoms with van der Waals surface area (Å²) >= 11 is 3.25. The van der Waals surface area contributed by atoms with E-state index >= 15 is 0 Å². The molecule has 5 nitrogen and oxygen atoms in total. The number of nitrogens with zero attached hydrogens (tertiary/aromatic N) is 4. The molecule has 0 aliphatic heterocycles. The fourth-order valence-corrected chi connectivity index (χ4v) is 2.55. The highest BCUT2D eigenvalue weighted by Gasteiger charge is 2.17. The number of halogens is 2. The van der Waals surface area contributed by atoms with Crippen LogP contribution in [0.25, 0.3) is 22.9 Å². The van der Waals surface area contributed by atoms with Gasteiger partial charge in [0.25, 0.3) is 0 Å². The molecule has 1 aromatic carbocycles. The molecule has 0 radical (unpaired) electrons. The van der Waals surface area contributed by atoms with Crippen molar-refractivity contribution in [3.63, 3.8) is 0 Å². The van der Waals surface area contributed by atoms with Crippen LogP contribution in [0.4, 0.5) is 4.39 Å². The molecule has 0 saturated heterocycles. The van der Waals surface area contributed by atoms with Gasteiger partial charge in [-0.25, -0.2) is 19.0 Å². The van der Waals surface area contributed by atoms with Crippen molar-refractivity contribution in [1.29, 1.82) is 0 Å². The number of imidazole rings is 1. The van der Waals surface area contributed by atoms with E-state index in [0.717, 1.165) is 0 Å². The highest BCUT2D eigenvalue weighted by atomic mass is 79.9. The zero-order valence-corrected chi connectivity index (χ0v) is 14.0. The van der Waals surface area contributed by atoms with Crippen molar-refractivity contribution in [2.75, 3.05) is 0 Å². The summed E-state index contributed by atoms with van der Waals surface area (Å²) in [4.78, 5) is 11.9. The van der Waals surface area contributed by atoms with E-state index < -0.39 is 0 Å². The lowest BCUT2D eigenvalue weighted by Crippen LogP contribution is -2.05. The second-order valence-corrected chi connectivity index (χ2v) is 6.20. The second kappa shape index (κ2) is 5.64. The van der Waals surface area contributed by atoms with Crippen molar-refractivity contribution in [2.45, 2.75) is 26.8 Å². The van der Waals surface area contributed by atoms with Gasteiger partial charge in [0, 0.05) is 16.7 Å². The van der Waals surface area contributed by atoms with Crippen molar-refractivity contribution >= 4 is 15.9 Å². The molecule has 0 amide bonds. The summed E-state index contributed by atoms with van der Waals surface area (Å²) in [6, 6.07) is 5.04. The van der Waals surface area contributed by atoms with E-state index in [4.69, 9.17) is 0 Å². The van der Waals surface area contributed by atoms with Crippen LogP contribution in [0, 0.1) is 12.7 Å². The molecule has 0 aliphatic carbocycles. The van der Waals surface area contributed by atoms with E-state index in [1.807, 2.05) is 25.5 Å². The topological polar surface area (TPSA) is 59.4 Å². The quantitative estimate of drug-likeness (QED) is 0.760. The number of H-pyrrole nitrogens is 1. The molecule has 0 bridgehead atoms. The summed E-state index contributed by atoms with van der Waals surface area (Å²) in [7, 11) is 0. The third-order valence-corrected chi connectivity index (χ3v) is 3.71. The summed E-state index contributed by atoms with van der Waals surface area (Å²) in [5, 5.41) is 4.37. The number of aromatic amines is 1. The first-order valence-corrected chi connectivity index (χ1v) is 7.69. The van der Waals surface area contributed by atoms with E-state index in [9.17, 15) is 4.39 Å². The SMILES string of the molecule is Cc1nc(-c2c[nH]c(-c3ccc(Br)cc3F)n2)n(C(C)C)n1. The van der Waals surface area contributed by atoms with Gasteiger partial charge in [-0.3, -0.25) is 0 Å². The predicted octanol–water partition coefficient (Wildman–Crippen LogP) is 4.13. The fourth-order valence-electron chi connectivity index (χ4n) is 2.22. The van der Waals surface area contributed by atoms with Crippen LogP contribution in [0.5, 0.6) is 0 Å². The Bertz CT molecular complexity index is 821. The van der Waals surface area contributed by atoms with Crippen molar-refractivity contribution in [1.82, 2.24) is 24.7 Å². The minimum atomic E-state index is -0.336. The van der Waals surface area contributed by atoms with Gasteiger partial charge in [-0.1, -0.05) is 15.9 Å². The lowest BCUT2D eigenvalue weighted by atomic mass is 10.2. The van der Waals surface area contributed by atoms with E-state index in [-0.39, 0.29) is 11.9 Å². The Balaban J connectivity index is 2.04. The summed E-state index contributed by atoms with van der Waals surface area (Å²) in [5.41, 5.74) is 1.06. The lowest BCUT2D eigenvalue weighted by molar-refractivity contribution is 0.534. The molecule has 0 fully saturated rings. The molecule has 114 valence electrons. The third-order valence-electron chi connectivity index (χ3n) is 3.22. The van der Waals surface area contributed by atoms with E-state index in [2.05, 4.69) is 36.0 Å². The molecule has 0 spiro atoms. The van der Waals surface area contributed by atoms with Crippen molar-refractivity contribution < 1.29 is 4.39 Å². The molecule has 0 atom stereocenters. The minimum Gasteiger partial charge on any atom is -0.344 e. The predicted molar refractivity (Wildman–Crippen MR) is 85.8 cm³/mol. The smallest absolute Gasteiger partial charge is 0.178 e. The molecule has 1 N–H and O–H groups in total. The van der Waals surface area contributed by atoms with Crippen LogP contribution in [0.3, 0.4) is 0 Å². The number of hydrogen-bond acceptors (Lipinski definition) is 3. The first kappa shape index (κ1) is 14.9. The van der Waals surface area contributed by atoms with Gasteiger partial charge in [0.2, 0.25) is 0 Å². The average molecular weight is 364 g/mol. The zero-order chi connectivity index (χ0) is 15.9. The van der Waals surface area contributed by atoms with Crippen LogP contribution >= 0.6 is 15.9 Å². The Hall–Kier alpha value is -2.02. The van der Waals surface area contributed by atoms with Gasteiger partial charge >= 0.3 is 0 Å². The van der Waals surface area contributed by atoms with Crippen LogP contribution in [0.2, 0.25) is 0 Å². The van der Waals surface area contributed by atoms with Gasteiger partial charge in [0.05, 0.1) is 5.56 Å². The molecule has 0 saturated carbocycles. The Morgan fingerprint density at radius 3 is 2.73 bits per heavy atom. The van der Waals surface area contributed by atoms with Crippen molar-refractivity contribution in [3.05, 3.63) is 40.5 Å². The molecule has 3 aromatic rings. The Morgan fingerprint density at radius 2 is 2.05 bits per heavy atom. The van der Waals surface area contributed by atoms with E-state index in [1.165, 1.54) is 6.07 Å². The summed E-state index contributed by atoms with van der Waals surface area (Å²) in [6.07, 6.45) is 1.72. The standard InChI is InChI=1S/C15H15BrFN5/c1-8(2)22-15(19-9(3)21-22)13-7-18-14(20-13)11-5-4-10(16)6-12(11)17/h4-8H,1-3H3,(H,18,20). The van der Waals surface area contributed by atoms with E-state index in [0.29, 0.717) is 33.2 Å². The van der Waals surface area contributed by atoms with Gasteiger partial charge in [0.1, 0.15) is 23.2 Å². The molecule has 2 aromatic heterocycles. The summed E-state index contributed by atoms with van der Waals surface area (Å²) in [6.45, 7) is 5.89. The number of aromatic nitrogens is 5. The van der Waals surface area contributed by atoms with Gasteiger partial charge in [-0.05, 0) is 39.0 Å². The van der Waals surface area contributed by atoms with Gasteiger partial charge < -0.3 is 4.98 Å². The van der Waals surface area contributed by atoms with Crippen LogP contribution in [0.1, 0.15) is 25.7 Å². The molecule has 0 aliphatic rings. The first-order chi connectivity index (χ1) is 10.5. The molecule has 7 heteroatoms. The minimum absolute atomic E-state index is 0.167. The number of benzene rings is 1. The fraction of sp³-hybridized carbons (Fsp3) is 0.267. The van der Waals surface area contributed by atoms with Gasteiger partial charge in [0.15, 0.2) is 5.82 Å². The Morgan fingerprint density at radius 1 is 1.27 bits per heavy atom. The Kier molecular flexibility index (Phi) is 3.82. The Labute approximate surface area is 135 Å². The van der Waals surface area contributed by atoms with E-state index in [1.54, 1.807) is 18.3 Å². The average Bonchev–Trinajstić information content (AvgIpc) is 3.05. The number of rotatable bonds is 3. The number of hydrogen-bond donors (Lipinski definition) is 1. The number of nitrogens with one attached hydrogen (secondary N) is 1. The molecule has 22 heavy (non-hydrogen) atoms. The summed E-state index contributed by atoms with van der Waals surface area (Å²) in [5.74, 6) is 1.49. The molecular formula is C15H15BrFN5. The first-order valence-electron chi connectivity index (χ1n) is 6.90. The third kappa shape index (κ3) is 2.68. The van der Waals surface area contributed by atoms with Gasteiger partial charge in [-0.15, -0.1) is 0 Å². The maximum Gasteiger partial charge on any atom is 0.178 e. The van der Waals surface area contributed by atoms with Crippen LogP contribution < -0.4 is 0 Å². The monoisotopic (exact) mass is 363 g/mol. The van der Waals surface area contributed by atoms with Crippen LogP contribution in [0.15, 0.2) is 28.9 Å². The maximum absolute atomic E-state index is 14.0. The maximum atomic E-state index is 14.0. The second-order valence-electron chi connectivity index (χ2n) is 5.28.